The summed E-state index contributed by atoms with van der Waals surface area (Å²) in [7, 11) is 0. The van der Waals surface area contributed by atoms with Gasteiger partial charge in [0.25, 0.3) is 0 Å². The molecule has 0 saturated carbocycles. The van der Waals surface area contributed by atoms with Gasteiger partial charge in [-0.2, -0.15) is 0 Å². The molecule has 2 N–H and O–H groups in total. The van der Waals surface area contributed by atoms with Gasteiger partial charge in [0.2, 0.25) is 0 Å². The monoisotopic (exact) mass is 274 g/mol. The van der Waals surface area contributed by atoms with E-state index in [-0.39, 0.29) is 6.04 Å². The maximum Gasteiger partial charge on any atom is 0.0594 e. The number of ether oxygens (including phenoxy) is 1. The number of rotatable bonds is 3. The number of hydrogen-bond donors (Lipinski definition) is 1. The first-order valence-electron chi connectivity index (χ1n) is 5.68. The van der Waals surface area contributed by atoms with Gasteiger partial charge in [0.05, 0.1) is 13.2 Å². The maximum absolute atomic E-state index is 6.02. The highest BCUT2D eigenvalue weighted by Gasteiger charge is 2.21. The van der Waals surface area contributed by atoms with Gasteiger partial charge in [-0.15, -0.1) is 0 Å². The summed E-state index contributed by atoms with van der Waals surface area (Å²) in [5.41, 5.74) is 6.94. The Bertz CT molecular complexity index is 361. The van der Waals surface area contributed by atoms with E-state index in [1.807, 2.05) is 12.1 Å². The Kier molecular flexibility index (Phi) is 4.65. The quantitative estimate of drug-likeness (QED) is 0.920. The van der Waals surface area contributed by atoms with E-state index in [9.17, 15) is 0 Å². The second-order valence-corrected chi connectivity index (χ2v) is 4.98. The normalized spacial score (nSPS) is 19.2. The standard InChI is InChI=1S/C12H16Cl2N2O/c13-10-5-9(6-11(14)7-10)12(8-15)16-1-3-17-4-2-16/h5-7,12H,1-4,8,15H2/t12-/m1/s1. The maximum atomic E-state index is 6.02. The van der Waals surface area contributed by atoms with Crippen molar-refractivity contribution < 1.29 is 4.74 Å². The molecular weight excluding hydrogens is 259 g/mol. The van der Waals surface area contributed by atoms with Gasteiger partial charge in [0.15, 0.2) is 0 Å². The van der Waals surface area contributed by atoms with Crippen LogP contribution in [0.15, 0.2) is 18.2 Å². The fourth-order valence-electron chi connectivity index (χ4n) is 2.15. The third-order valence-electron chi connectivity index (χ3n) is 2.98. The van der Waals surface area contributed by atoms with Crippen molar-refractivity contribution in [3.05, 3.63) is 33.8 Å². The molecule has 1 aliphatic rings. The van der Waals surface area contributed by atoms with Gasteiger partial charge in [-0.3, -0.25) is 4.90 Å². The highest BCUT2D eigenvalue weighted by Crippen LogP contribution is 2.27. The number of nitrogens with zero attached hydrogens (tertiary/aromatic N) is 1. The summed E-state index contributed by atoms with van der Waals surface area (Å²) in [6.07, 6.45) is 0. The van der Waals surface area contributed by atoms with Crippen molar-refractivity contribution in [2.24, 2.45) is 5.73 Å². The van der Waals surface area contributed by atoms with Crippen LogP contribution in [0.2, 0.25) is 10.0 Å². The molecule has 1 atom stereocenters. The number of hydrogen-bond acceptors (Lipinski definition) is 3. The van der Waals surface area contributed by atoms with E-state index < -0.39 is 0 Å². The minimum absolute atomic E-state index is 0.162. The zero-order valence-corrected chi connectivity index (χ0v) is 11.0. The van der Waals surface area contributed by atoms with Crippen molar-refractivity contribution in [3.63, 3.8) is 0 Å². The molecule has 0 radical (unpaired) electrons. The largest absolute Gasteiger partial charge is 0.379 e. The van der Waals surface area contributed by atoms with E-state index in [1.54, 1.807) is 6.07 Å². The molecule has 1 fully saturated rings. The van der Waals surface area contributed by atoms with Crippen LogP contribution in [0.5, 0.6) is 0 Å². The molecule has 17 heavy (non-hydrogen) atoms. The van der Waals surface area contributed by atoms with Gasteiger partial charge in [0.1, 0.15) is 0 Å². The van der Waals surface area contributed by atoms with E-state index in [0.717, 1.165) is 31.9 Å². The van der Waals surface area contributed by atoms with Crippen molar-refractivity contribution >= 4 is 23.2 Å². The first-order chi connectivity index (χ1) is 8.20. The van der Waals surface area contributed by atoms with E-state index in [4.69, 9.17) is 33.7 Å². The Labute approximate surface area is 111 Å². The summed E-state index contributed by atoms with van der Waals surface area (Å²) in [6, 6.07) is 5.76. The average Bonchev–Trinajstić information content (AvgIpc) is 2.30. The zero-order chi connectivity index (χ0) is 12.3. The minimum Gasteiger partial charge on any atom is -0.379 e. The smallest absolute Gasteiger partial charge is 0.0594 e. The fourth-order valence-corrected chi connectivity index (χ4v) is 2.70. The first kappa shape index (κ1) is 13.1. The molecule has 1 saturated heterocycles. The van der Waals surface area contributed by atoms with Gasteiger partial charge in [-0.1, -0.05) is 23.2 Å². The second-order valence-electron chi connectivity index (χ2n) is 4.10. The van der Waals surface area contributed by atoms with Crippen LogP contribution in [0.4, 0.5) is 0 Å². The molecule has 1 aromatic rings. The average molecular weight is 275 g/mol. The topological polar surface area (TPSA) is 38.5 Å². The highest BCUT2D eigenvalue weighted by atomic mass is 35.5. The molecule has 2 rings (SSSR count). The first-order valence-corrected chi connectivity index (χ1v) is 6.44. The lowest BCUT2D eigenvalue weighted by atomic mass is 10.0. The number of halogens is 2. The predicted molar refractivity (Wildman–Crippen MR) is 70.6 cm³/mol. The number of benzene rings is 1. The van der Waals surface area contributed by atoms with Crippen molar-refractivity contribution in [1.29, 1.82) is 0 Å². The van der Waals surface area contributed by atoms with E-state index in [1.165, 1.54) is 0 Å². The molecule has 0 bridgehead atoms. The molecule has 0 aromatic heterocycles. The SMILES string of the molecule is NC[C@H](c1cc(Cl)cc(Cl)c1)N1CCOCC1. The lowest BCUT2D eigenvalue weighted by Crippen LogP contribution is -2.41. The Morgan fingerprint density at radius 2 is 1.76 bits per heavy atom. The van der Waals surface area contributed by atoms with Gasteiger partial charge >= 0.3 is 0 Å². The zero-order valence-electron chi connectivity index (χ0n) is 9.53. The van der Waals surface area contributed by atoms with Crippen LogP contribution in [-0.2, 0) is 4.74 Å². The summed E-state index contributed by atoms with van der Waals surface area (Å²) in [5.74, 6) is 0. The Balaban J connectivity index is 2.21. The van der Waals surface area contributed by atoms with Crippen molar-refractivity contribution in [2.45, 2.75) is 6.04 Å². The fraction of sp³-hybridized carbons (Fsp3) is 0.500. The Morgan fingerprint density at radius 1 is 1.18 bits per heavy atom. The highest BCUT2D eigenvalue weighted by molar-refractivity contribution is 6.34. The van der Waals surface area contributed by atoms with Crippen molar-refractivity contribution in [3.8, 4) is 0 Å². The lowest BCUT2D eigenvalue weighted by molar-refractivity contribution is 0.0179. The summed E-state index contributed by atoms with van der Waals surface area (Å²) < 4.78 is 5.34. The molecule has 3 nitrogen and oxygen atoms in total. The Morgan fingerprint density at radius 3 is 2.29 bits per heavy atom. The molecule has 1 heterocycles. The van der Waals surface area contributed by atoms with E-state index >= 15 is 0 Å². The third-order valence-corrected chi connectivity index (χ3v) is 3.42. The summed E-state index contributed by atoms with van der Waals surface area (Å²) in [6.45, 7) is 3.85. The molecule has 5 heteroatoms. The van der Waals surface area contributed by atoms with E-state index in [2.05, 4.69) is 4.90 Å². The second kappa shape index (κ2) is 6.03. The van der Waals surface area contributed by atoms with Crippen LogP contribution in [0.1, 0.15) is 11.6 Å². The summed E-state index contributed by atoms with van der Waals surface area (Å²) in [4.78, 5) is 2.31. The Hall–Kier alpha value is -0.320. The number of morpholine rings is 1. The summed E-state index contributed by atoms with van der Waals surface area (Å²) in [5, 5.41) is 1.30. The van der Waals surface area contributed by atoms with Gasteiger partial charge in [-0.25, -0.2) is 0 Å². The van der Waals surface area contributed by atoms with Crippen LogP contribution in [0.25, 0.3) is 0 Å². The van der Waals surface area contributed by atoms with E-state index in [0.29, 0.717) is 16.6 Å². The molecule has 0 aliphatic carbocycles. The molecule has 0 unspecified atom stereocenters. The van der Waals surface area contributed by atoms with Crippen molar-refractivity contribution in [2.75, 3.05) is 32.8 Å². The molecular formula is C12H16Cl2N2O. The molecule has 1 aromatic carbocycles. The third kappa shape index (κ3) is 3.33. The van der Waals surface area contributed by atoms with Gasteiger partial charge in [0, 0.05) is 35.7 Å². The number of nitrogens with two attached hydrogens (primary N) is 1. The molecule has 0 spiro atoms. The van der Waals surface area contributed by atoms with Crippen LogP contribution < -0.4 is 5.73 Å². The molecule has 0 amide bonds. The van der Waals surface area contributed by atoms with Gasteiger partial charge in [-0.05, 0) is 23.8 Å². The van der Waals surface area contributed by atoms with Gasteiger partial charge < -0.3 is 10.5 Å². The molecule has 1 aliphatic heterocycles. The summed E-state index contributed by atoms with van der Waals surface area (Å²) >= 11 is 12.0. The van der Waals surface area contributed by atoms with Crippen LogP contribution >= 0.6 is 23.2 Å². The lowest BCUT2D eigenvalue weighted by Gasteiger charge is -2.34. The predicted octanol–water partition coefficient (Wildman–Crippen LogP) is 2.33. The minimum atomic E-state index is 0.162. The van der Waals surface area contributed by atoms with Crippen molar-refractivity contribution in [1.82, 2.24) is 4.90 Å². The molecule has 94 valence electrons. The van der Waals surface area contributed by atoms with Crippen LogP contribution in [0, 0.1) is 0 Å². The van der Waals surface area contributed by atoms with Crippen LogP contribution in [-0.4, -0.2) is 37.7 Å². The van der Waals surface area contributed by atoms with Crippen LogP contribution in [0.3, 0.4) is 0 Å².